The molecule has 316 valence electrons. The van der Waals surface area contributed by atoms with Crippen molar-refractivity contribution >= 4 is 38.8 Å². The van der Waals surface area contributed by atoms with E-state index in [4.69, 9.17) is 0 Å². The highest BCUT2D eigenvalue weighted by molar-refractivity contribution is 6.09. The molecule has 64 heavy (non-hydrogen) atoms. The largest absolute Gasteiger partial charge is 0.310 e. The van der Waals surface area contributed by atoms with Gasteiger partial charge in [-0.15, -0.1) is 0 Å². The van der Waals surface area contributed by atoms with Crippen LogP contribution < -0.4 is 0 Å². The lowest BCUT2D eigenvalue weighted by Crippen LogP contribution is -2.16. The highest BCUT2D eigenvalue weighted by Crippen LogP contribution is 2.53. The second-order valence-corrected chi connectivity index (χ2v) is 22.2. The summed E-state index contributed by atoms with van der Waals surface area (Å²) in [5.74, 6) is 0. The van der Waals surface area contributed by atoms with E-state index in [2.05, 4.69) is 224 Å². The second-order valence-electron chi connectivity index (χ2n) is 22.2. The molecule has 0 spiro atoms. The summed E-state index contributed by atoms with van der Waals surface area (Å²) in [5, 5.41) is 4.02. The van der Waals surface area contributed by atoms with Crippen molar-refractivity contribution in [1.29, 1.82) is 0 Å². The van der Waals surface area contributed by atoms with E-state index < -0.39 is 0 Å². The number of nitrogens with zero attached hydrogens (tertiary/aromatic N) is 2. The maximum atomic E-state index is 2.52. The molecule has 0 amide bonds. The van der Waals surface area contributed by atoms with Crippen LogP contribution in [0.4, 0.5) is 0 Å². The predicted octanol–water partition coefficient (Wildman–Crippen LogP) is 16.6. The summed E-state index contributed by atoms with van der Waals surface area (Å²) >= 11 is 0. The molecule has 0 saturated heterocycles. The van der Waals surface area contributed by atoms with Crippen LogP contribution in [0, 0.1) is 0 Å². The summed E-state index contributed by atoms with van der Waals surface area (Å²) in [7, 11) is 0. The van der Waals surface area contributed by atoms with Gasteiger partial charge in [-0.3, -0.25) is 0 Å². The minimum Gasteiger partial charge on any atom is -0.310 e. The molecule has 2 nitrogen and oxygen atoms in total. The van der Waals surface area contributed by atoms with Gasteiger partial charge < -0.3 is 9.13 Å². The Bertz CT molecular complexity index is 3500. The number of fused-ring (bicyclic) bond motifs is 12. The van der Waals surface area contributed by atoms with Crippen LogP contribution >= 0.6 is 0 Å². The molecule has 2 heterocycles. The van der Waals surface area contributed by atoms with Gasteiger partial charge in [-0.25, -0.2) is 0 Å². The molecule has 0 N–H and O–H groups in total. The zero-order valence-corrected chi connectivity index (χ0v) is 39.2. The Hall–Kier alpha value is -6.38. The van der Waals surface area contributed by atoms with Crippen molar-refractivity contribution in [2.75, 3.05) is 0 Å². The molecular weight excluding hydrogens is 773 g/mol. The lowest BCUT2D eigenvalue weighted by molar-refractivity contribution is 0.591. The first-order valence-corrected chi connectivity index (χ1v) is 23.5. The minimum absolute atomic E-state index is 0.0823. The van der Waals surface area contributed by atoms with Crippen LogP contribution in [0.5, 0.6) is 0 Å². The third-order valence-corrected chi connectivity index (χ3v) is 15.5. The lowest BCUT2D eigenvalue weighted by Gasteiger charge is -2.24. The predicted molar refractivity (Wildman–Crippen MR) is 273 cm³/mol. The molecule has 12 rings (SSSR count). The zero-order valence-electron chi connectivity index (χ0n) is 39.2. The first kappa shape index (κ1) is 39.2. The molecule has 0 saturated carbocycles. The average molecular weight is 831 g/mol. The van der Waals surface area contributed by atoms with Gasteiger partial charge in [0.25, 0.3) is 0 Å². The second kappa shape index (κ2) is 13.1. The summed E-state index contributed by atoms with van der Waals surface area (Å²) in [6.45, 7) is 23.5. The lowest BCUT2D eigenvalue weighted by atomic mass is 9.80. The number of rotatable bonds is 3. The number of allylic oxidation sites excluding steroid dienone is 1. The van der Waals surface area contributed by atoms with E-state index in [9.17, 15) is 0 Å². The number of para-hydroxylation sites is 1. The molecule has 3 aliphatic rings. The van der Waals surface area contributed by atoms with Crippen molar-refractivity contribution in [2.45, 2.75) is 104 Å². The number of hydrogen-bond donors (Lipinski definition) is 0. The SMILES string of the molecule is CC(C)(C)c1ccc2c(c1)c1c(n2-c2ccc3c(c2)C(C)(C)c2cc(-c4ccc5c(c4)C(C)(C)c4cc(-n6c7ccccc7c7cc(C(C)(C)C)ccc76)ccc4-5)ccc2-3)C=CCC1. The highest BCUT2D eigenvalue weighted by Gasteiger charge is 2.38. The Balaban J connectivity index is 0.905. The van der Waals surface area contributed by atoms with Gasteiger partial charge >= 0.3 is 0 Å². The van der Waals surface area contributed by atoms with Crippen molar-refractivity contribution in [3.05, 3.63) is 184 Å². The van der Waals surface area contributed by atoms with Crippen molar-refractivity contribution < 1.29 is 0 Å². The summed E-state index contributed by atoms with van der Waals surface area (Å²) < 4.78 is 5.00. The number of aryl methyl sites for hydroxylation is 1. The van der Waals surface area contributed by atoms with E-state index in [1.165, 1.54) is 122 Å². The van der Waals surface area contributed by atoms with E-state index in [1.54, 1.807) is 0 Å². The molecule has 2 heteroatoms. The fraction of sp³-hybridized carbons (Fsp3) is 0.258. The molecule has 0 fully saturated rings. The van der Waals surface area contributed by atoms with Gasteiger partial charge in [0, 0.05) is 44.1 Å². The Morgan fingerprint density at radius 3 is 1.47 bits per heavy atom. The maximum absolute atomic E-state index is 2.52. The smallest absolute Gasteiger partial charge is 0.0541 e. The molecule has 0 aliphatic heterocycles. The molecular formula is C62H58N2. The number of hydrogen-bond acceptors (Lipinski definition) is 0. The molecule has 3 aliphatic carbocycles. The molecule has 0 unspecified atom stereocenters. The van der Waals surface area contributed by atoms with E-state index in [1.807, 2.05) is 0 Å². The molecule has 0 bridgehead atoms. The summed E-state index contributed by atoms with van der Waals surface area (Å²) in [6.07, 6.45) is 6.89. The number of aromatic nitrogens is 2. The normalized spacial score (nSPS) is 15.7. The average Bonchev–Trinajstić information content (AvgIpc) is 3.93. The standard InChI is InChI=1S/C62H58N2/c1-59(2,3)39-21-29-57-49(33-39)47-15-11-13-17-55(47)63(57)41-23-27-45-43-25-19-37(31-51(43)61(7,8)53(45)35-41)38-20-26-44-46-28-24-42(36-54(46)62(9,10)52(44)32-38)64-56-18-14-12-16-48(56)50-34-40(60(4,5)6)22-30-58(50)64/h11,13-15,17-36H,12,16H2,1-10H3. The fourth-order valence-electron chi connectivity index (χ4n) is 11.8. The van der Waals surface area contributed by atoms with Crippen LogP contribution in [-0.4, -0.2) is 9.13 Å². The first-order valence-electron chi connectivity index (χ1n) is 23.5. The van der Waals surface area contributed by atoms with E-state index in [-0.39, 0.29) is 21.7 Å². The Morgan fingerprint density at radius 1 is 0.438 bits per heavy atom. The van der Waals surface area contributed by atoms with E-state index in [0.29, 0.717) is 0 Å². The Kier molecular flexibility index (Phi) is 8.03. The van der Waals surface area contributed by atoms with Gasteiger partial charge in [0.15, 0.2) is 0 Å². The van der Waals surface area contributed by atoms with E-state index in [0.717, 1.165) is 12.8 Å². The highest BCUT2D eigenvalue weighted by atomic mass is 15.0. The van der Waals surface area contributed by atoms with Gasteiger partial charge in [-0.05, 0) is 169 Å². The molecule has 0 atom stereocenters. The summed E-state index contributed by atoms with van der Waals surface area (Å²) in [6, 6.07) is 52.0. The zero-order chi connectivity index (χ0) is 44.2. The van der Waals surface area contributed by atoms with E-state index >= 15 is 0 Å². The van der Waals surface area contributed by atoms with Gasteiger partial charge in [-0.2, -0.15) is 0 Å². The molecule has 7 aromatic carbocycles. The first-order chi connectivity index (χ1) is 30.5. The van der Waals surface area contributed by atoms with Crippen LogP contribution in [0.25, 0.3) is 83.5 Å². The van der Waals surface area contributed by atoms with Gasteiger partial charge in [-0.1, -0.05) is 142 Å². The van der Waals surface area contributed by atoms with Crippen molar-refractivity contribution in [2.24, 2.45) is 0 Å². The molecule has 0 radical (unpaired) electrons. The van der Waals surface area contributed by atoms with Gasteiger partial charge in [0.2, 0.25) is 0 Å². The van der Waals surface area contributed by atoms with Gasteiger partial charge in [0.1, 0.15) is 0 Å². The quantitative estimate of drug-likeness (QED) is 0.168. The summed E-state index contributed by atoms with van der Waals surface area (Å²) in [4.78, 5) is 0. The van der Waals surface area contributed by atoms with Crippen LogP contribution in [0.3, 0.4) is 0 Å². The van der Waals surface area contributed by atoms with Crippen LogP contribution in [0.15, 0.2) is 140 Å². The van der Waals surface area contributed by atoms with Gasteiger partial charge in [0.05, 0.1) is 16.6 Å². The third kappa shape index (κ3) is 5.50. The summed E-state index contributed by atoms with van der Waals surface area (Å²) in [5.41, 5.74) is 25.3. The van der Waals surface area contributed by atoms with Crippen LogP contribution in [0.2, 0.25) is 0 Å². The number of benzene rings is 7. The topological polar surface area (TPSA) is 9.86 Å². The monoisotopic (exact) mass is 830 g/mol. The van der Waals surface area contributed by atoms with Crippen molar-refractivity contribution in [3.63, 3.8) is 0 Å². The molecule has 2 aromatic heterocycles. The third-order valence-electron chi connectivity index (χ3n) is 15.5. The Labute approximate surface area is 378 Å². The van der Waals surface area contributed by atoms with Crippen LogP contribution in [0.1, 0.15) is 120 Å². The molecule has 9 aromatic rings. The van der Waals surface area contributed by atoms with Crippen molar-refractivity contribution in [1.82, 2.24) is 9.13 Å². The van der Waals surface area contributed by atoms with Crippen LogP contribution in [-0.2, 0) is 28.1 Å². The fourth-order valence-corrected chi connectivity index (χ4v) is 11.8. The minimum atomic E-state index is -0.164. The van der Waals surface area contributed by atoms with Crippen molar-refractivity contribution in [3.8, 4) is 44.8 Å². The Morgan fingerprint density at radius 2 is 0.906 bits per heavy atom. The maximum Gasteiger partial charge on any atom is 0.0541 e.